The normalized spacial score (nSPS) is 22.2. The number of hydrogen-bond acceptors (Lipinski definition) is 7. The molecule has 9 heteroatoms. The van der Waals surface area contributed by atoms with Gasteiger partial charge in [-0.15, -0.1) is 0 Å². The van der Waals surface area contributed by atoms with Crippen LogP contribution < -0.4 is 10.6 Å². The van der Waals surface area contributed by atoms with Crippen molar-refractivity contribution in [3.05, 3.63) is 11.3 Å². The second kappa shape index (κ2) is 11.5. The first-order valence-corrected chi connectivity index (χ1v) is 11.8. The Morgan fingerprint density at radius 2 is 2.04 bits per heavy atom. The molecule has 1 saturated heterocycles. The van der Waals surface area contributed by atoms with Gasteiger partial charge in [0.25, 0.3) is 0 Å². The Bertz CT molecular complexity index is 576. The third kappa shape index (κ3) is 6.95. The van der Waals surface area contributed by atoms with E-state index in [4.69, 9.17) is 9.47 Å². The maximum atomic E-state index is 12.3. The van der Waals surface area contributed by atoms with Gasteiger partial charge in [0.1, 0.15) is 6.61 Å². The number of urea groups is 1. The van der Waals surface area contributed by atoms with Gasteiger partial charge in [0, 0.05) is 17.4 Å². The molecule has 0 radical (unpaired) electrons. The molecule has 2 rings (SSSR count). The summed E-state index contributed by atoms with van der Waals surface area (Å²) in [4.78, 5) is 36.1. The number of carbonyl (C=O) groups is 3. The number of amides is 2. The van der Waals surface area contributed by atoms with Gasteiger partial charge in [-0.05, 0) is 32.6 Å². The minimum atomic E-state index is -0.505. The lowest BCUT2D eigenvalue weighted by Gasteiger charge is -2.28. The molecular formula is C18H28N2O5S2. The van der Waals surface area contributed by atoms with E-state index in [-0.39, 0.29) is 19.2 Å². The Morgan fingerprint density at radius 3 is 2.70 bits per heavy atom. The minimum absolute atomic E-state index is 0.133. The SMILES string of the molecule is CCOC(=O)C1=C(COC(=O)CCCC[C@@H]2CCSS2)NC(=O)N[C@@H]1CC. The fourth-order valence-corrected chi connectivity index (χ4v) is 6.03. The molecule has 0 aromatic heterocycles. The summed E-state index contributed by atoms with van der Waals surface area (Å²) in [5.41, 5.74) is 0.624. The standard InChI is InChI=1S/C18H28N2O5S2/c1-3-13-16(17(22)24-4-2)14(20-18(23)19-13)11-25-15(21)8-6-5-7-12-9-10-26-27-12/h12-13H,3-11H2,1-2H3,(H2,19,20,23)/t12-,13-/m1/s1. The number of esters is 2. The average Bonchev–Trinajstić information content (AvgIpc) is 3.16. The molecule has 2 aliphatic heterocycles. The number of unbranched alkanes of at least 4 members (excludes halogenated alkanes) is 1. The second-order valence-electron chi connectivity index (χ2n) is 6.41. The topological polar surface area (TPSA) is 93.7 Å². The molecule has 2 amide bonds. The van der Waals surface area contributed by atoms with E-state index >= 15 is 0 Å². The third-order valence-electron chi connectivity index (χ3n) is 4.41. The van der Waals surface area contributed by atoms with Crippen molar-refractivity contribution in [3.8, 4) is 0 Å². The maximum absolute atomic E-state index is 12.3. The Labute approximate surface area is 168 Å². The Kier molecular flexibility index (Phi) is 9.33. The molecule has 27 heavy (non-hydrogen) atoms. The maximum Gasteiger partial charge on any atom is 0.338 e. The van der Waals surface area contributed by atoms with Crippen molar-refractivity contribution in [1.29, 1.82) is 0 Å². The van der Waals surface area contributed by atoms with Crippen LogP contribution >= 0.6 is 21.6 Å². The zero-order valence-electron chi connectivity index (χ0n) is 15.9. The lowest BCUT2D eigenvalue weighted by molar-refractivity contribution is -0.143. The van der Waals surface area contributed by atoms with Crippen molar-refractivity contribution in [2.45, 2.75) is 63.7 Å². The zero-order chi connectivity index (χ0) is 19.6. The number of carbonyl (C=O) groups excluding carboxylic acids is 3. The fraction of sp³-hybridized carbons (Fsp3) is 0.722. The van der Waals surface area contributed by atoms with Gasteiger partial charge in [0.15, 0.2) is 0 Å². The highest BCUT2D eigenvalue weighted by molar-refractivity contribution is 8.77. The van der Waals surface area contributed by atoms with Crippen LogP contribution in [0.15, 0.2) is 11.3 Å². The number of ether oxygens (including phenoxy) is 2. The van der Waals surface area contributed by atoms with Gasteiger partial charge in [-0.1, -0.05) is 34.9 Å². The second-order valence-corrected chi connectivity index (χ2v) is 9.19. The molecule has 0 unspecified atom stereocenters. The number of hydrogen-bond donors (Lipinski definition) is 2. The molecule has 0 saturated carbocycles. The van der Waals surface area contributed by atoms with E-state index in [9.17, 15) is 14.4 Å². The molecule has 0 spiro atoms. The van der Waals surface area contributed by atoms with Crippen molar-refractivity contribution in [2.75, 3.05) is 19.0 Å². The van der Waals surface area contributed by atoms with Crippen LogP contribution in [0.2, 0.25) is 0 Å². The molecule has 0 aromatic carbocycles. The van der Waals surface area contributed by atoms with Crippen molar-refractivity contribution in [3.63, 3.8) is 0 Å². The van der Waals surface area contributed by atoms with Gasteiger partial charge in [0.05, 0.1) is 23.9 Å². The van der Waals surface area contributed by atoms with Gasteiger partial charge in [-0.25, -0.2) is 9.59 Å². The summed E-state index contributed by atoms with van der Waals surface area (Å²) < 4.78 is 10.4. The number of rotatable bonds is 10. The van der Waals surface area contributed by atoms with Crippen LogP contribution in [-0.2, 0) is 19.1 Å². The summed E-state index contributed by atoms with van der Waals surface area (Å²) >= 11 is 0. The van der Waals surface area contributed by atoms with E-state index in [2.05, 4.69) is 10.6 Å². The van der Waals surface area contributed by atoms with Gasteiger partial charge >= 0.3 is 18.0 Å². The highest BCUT2D eigenvalue weighted by Gasteiger charge is 2.31. The largest absolute Gasteiger partial charge is 0.463 e. The van der Waals surface area contributed by atoms with Crippen LogP contribution in [-0.4, -0.2) is 48.2 Å². The van der Waals surface area contributed by atoms with Crippen molar-refractivity contribution in [2.24, 2.45) is 0 Å². The summed E-state index contributed by atoms with van der Waals surface area (Å²) in [6.07, 6.45) is 5.05. The monoisotopic (exact) mass is 416 g/mol. The average molecular weight is 417 g/mol. The van der Waals surface area contributed by atoms with E-state index in [0.29, 0.717) is 29.4 Å². The van der Waals surface area contributed by atoms with Gasteiger partial charge < -0.3 is 20.1 Å². The van der Waals surface area contributed by atoms with Crippen LogP contribution in [0.25, 0.3) is 0 Å². The molecule has 2 aliphatic rings. The van der Waals surface area contributed by atoms with Crippen LogP contribution in [0, 0.1) is 0 Å². The van der Waals surface area contributed by atoms with Crippen LogP contribution in [0.1, 0.15) is 52.4 Å². The molecule has 7 nitrogen and oxygen atoms in total. The summed E-state index contributed by atoms with van der Waals surface area (Å²) in [7, 11) is 3.87. The van der Waals surface area contributed by atoms with Crippen LogP contribution in [0.3, 0.4) is 0 Å². The zero-order valence-corrected chi connectivity index (χ0v) is 17.5. The van der Waals surface area contributed by atoms with E-state index in [1.54, 1.807) is 6.92 Å². The molecule has 0 aromatic rings. The fourth-order valence-electron chi connectivity index (χ4n) is 3.01. The first kappa shape index (κ1) is 21.9. The molecular weight excluding hydrogens is 388 g/mol. The Balaban J connectivity index is 1.84. The third-order valence-corrected chi connectivity index (χ3v) is 7.42. The molecule has 152 valence electrons. The smallest absolute Gasteiger partial charge is 0.338 e. The predicted octanol–water partition coefficient (Wildman–Crippen LogP) is 3.15. The molecule has 1 fully saturated rings. The van der Waals surface area contributed by atoms with E-state index in [1.165, 1.54) is 12.2 Å². The highest BCUT2D eigenvalue weighted by atomic mass is 33.1. The summed E-state index contributed by atoms with van der Waals surface area (Å²) in [6.45, 7) is 3.68. The molecule has 0 aliphatic carbocycles. The summed E-state index contributed by atoms with van der Waals surface area (Å²) in [5, 5.41) is 5.97. The Hall–Kier alpha value is -1.35. The predicted molar refractivity (Wildman–Crippen MR) is 107 cm³/mol. The Morgan fingerprint density at radius 1 is 1.22 bits per heavy atom. The molecule has 0 bridgehead atoms. The van der Waals surface area contributed by atoms with E-state index in [0.717, 1.165) is 19.3 Å². The minimum Gasteiger partial charge on any atom is -0.463 e. The first-order valence-electron chi connectivity index (χ1n) is 9.46. The van der Waals surface area contributed by atoms with Crippen molar-refractivity contribution < 1.29 is 23.9 Å². The molecule has 2 N–H and O–H groups in total. The van der Waals surface area contributed by atoms with Crippen LogP contribution in [0.5, 0.6) is 0 Å². The van der Waals surface area contributed by atoms with Gasteiger partial charge in [-0.3, -0.25) is 4.79 Å². The van der Waals surface area contributed by atoms with Gasteiger partial charge in [-0.2, -0.15) is 0 Å². The van der Waals surface area contributed by atoms with Gasteiger partial charge in [0.2, 0.25) is 0 Å². The number of nitrogens with one attached hydrogen (secondary N) is 2. The lowest BCUT2D eigenvalue weighted by Crippen LogP contribution is -2.51. The summed E-state index contributed by atoms with van der Waals surface area (Å²) in [6, 6.07) is -0.860. The van der Waals surface area contributed by atoms with E-state index in [1.807, 2.05) is 28.5 Å². The molecule has 2 atom stereocenters. The molecule has 2 heterocycles. The van der Waals surface area contributed by atoms with E-state index < -0.39 is 18.0 Å². The first-order chi connectivity index (χ1) is 13.0. The lowest BCUT2D eigenvalue weighted by atomic mass is 10.0. The van der Waals surface area contributed by atoms with Crippen LogP contribution in [0.4, 0.5) is 4.79 Å². The quantitative estimate of drug-likeness (QED) is 0.321. The van der Waals surface area contributed by atoms with Crippen molar-refractivity contribution >= 4 is 39.6 Å². The highest BCUT2D eigenvalue weighted by Crippen LogP contribution is 2.39. The van der Waals surface area contributed by atoms with Crippen molar-refractivity contribution in [1.82, 2.24) is 10.6 Å². The summed E-state index contributed by atoms with van der Waals surface area (Å²) in [5.74, 6) is 0.393.